The zero-order chi connectivity index (χ0) is 21.1. The average Bonchev–Trinajstić information content (AvgIpc) is 3.36. The Morgan fingerprint density at radius 1 is 1.23 bits per heavy atom. The number of amides is 1. The molecule has 2 heterocycles. The summed E-state index contributed by atoms with van der Waals surface area (Å²) in [4.78, 5) is 18.4. The van der Waals surface area contributed by atoms with Gasteiger partial charge in [-0.2, -0.15) is 4.68 Å². The van der Waals surface area contributed by atoms with E-state index in [-0.39, 0.29) is 5.91 Å². The summed E-state index contributed by atoms with van der Waals surface area (Å²) < 4.78 is 1.71. The number of anilines is 2. The largest absolute Gasteiger partial charge is 0.274 e. The molecule has 0 bridgehead atoms. The number of benzene rings is 2. The second kappa shape index (κ2) is 8.95. The van der Waals surface area contributed by atoms with Gasteiger partial charge in [-0.25, -0.2) is 4.98 Å². The molecule has 0 unspecified atom stereocenters. The highest BCUT2D eigenvalue weighted by molar-refractivity contribution is 7.98. The quantitative estimate of drug-likeness (QED) is 0.377. The minimum atomic E-state index is -0.130. The smallest absolute Gasteiger partial charge is 0.230 e. The highest BCUT2D eigenvalue weighted by Gasteiger charge is 2.19. The summed E-state index contributed by atoms with van der Waals surface area (Å²) in [5, 5.41) is 15.8. The summed E-state index contributed by atoms with van der Waals surface area (Å²) in [6, 6.07) is 15.1. The first-order valence-corrected chi connectivity index (χ1v) is 11.2. The maximum absolute atomic E-state index is 12.3. The number of nitrogens with zero attached hydrogens (tertiary/aromatic N) is 6. The molecule has 0 aliphatic rings. The number of hydrogen-bond donors (Lipinski definition) is 0. The van der Waals surface area contributed by atoms with Crippen molar-refractivity contribution in [2.75, 3.05) is 4.90 Å². The van der Waals surface area contributed by atoms with Crippen LogP contribution in [0.3, 0.4) is 0 Å². The Hall–Kier alpha value is -2.75. The van der Waals surface area contributed by atoms with Crippen LogP contribution in [-0.2, 0) is 10.5 Å². The van der Waals surface area contributed by atoms with Crippen molar-refractivity contribution in [3.63, 3.8) is 0 Å². The van der Waals surface area contributed by atoms with Gasteiger partial charge in [0.25, 0.3) is 0 Å². The maximum Gasteiger partial charge on any atom is 0.230 e. The van der Waals surface area contributed by atoms with Gasteiger partial charge in [0.05, 0.1) is 17.1 Å². The monoisotopic (exact) mass is 456 g/mol. The molecule has 152 valence electrons. The SMILES string of the molecule is CC(=O)N(c1cccc(Cl)c1)c1nc(CSc2nnnn2-c2cccc(C)c2)cs1. The first kappa shape index (κ1) is 20.5. The van der Waals surface area contributed by atoms with E-state index in [0.29, 0.717) is 26.8 Å². The fraction of sp³-hybridized carbons (Fsp3) is 0.150. The normalized spacial score (nSPS) is 10.9. The molecule has 0 atom stereocenters. The first-order chi connectivity index (χ1) is 14.5. The number of carbonyl (C=O) groups is 1. The van der Waals surface area contributed by atoms with Gasteiger partial charge < -0.3 is 0 Å². The lowest BCUT2D eigenvalue weighted by molar-refractivity contribution is -0.115. The number of tetrazole rings is 1. The second-order valence-corrected chi connectivity index (χ2v) is 8.67. The molecular weight excluding hydrogens is 440 g/mol. The van der Waals surface area contributed by atoms with Crippen LogP contribution in [0.2, 0.25) is 5.02 Å². The van der Waals surface area contributed by atoms with Crippen LogP contribution in [0.15, 0.2) is 59.1 Å². The molecule has 0 aliphatic carbocycles. The van der Waals surface area contributed by atoms with E-state index in [9.17, 15) is 4.79 Å². The Kier molecular flexibility index (Phi) is 6.12. The molecule has 4 rings (SSSR count). The van der Waals surface area contributed by atoms with E-state index in [0.717, 1.165) is 16.9 Å². The van der Waals surface area contributed by atoms with Gasteiger partial charge in [-0.1, -0.05) is 41.6 Å². The van der Waals surface area contributed by atoms with Crippen molar-refractivity contribution in [2.45, 2.75) is 24.8 Å². The minimum absolute atomic E-state index is 0.130. The van der Waals surface area contributed by atoms with Crippen molar-refractivity contribution in [2.24, 2.45) is 0 Å². The van der Waals surface area contributed by atoms with Crippen LogP contribution in [0, 0.1) is 6.92 Å². The molecular formula is C20H17ClN6OS2. The van der Waals surface area contributed by atoms with E-state index in [4.69, 9.17) is 11.6 Å². The van der Waals surface area contributed by atoms with Crippen molar-refractivity contribution < 1.29 is 4.79 Å². The Morgan fingerprint density at radius 3 is 2.83 bits per heavy atom. The summed E-state index contributed by atoms with van der Waals surface area (Å²) in [5.41, 5.74) is 3.57. The lowest BCUT2D eigenvalue weighted by Crippen LogP contribution is -2.22. The number of hydrogen-bond acceptors (Lipinski definition) is 7. The van der Waals surface area contributed by atoms with Gasteiger partial charge in [0, 0.05) is 23.1 Å². The van der Waals surface area contributed by atoms with Crippen molar-refractivity contribution >= 4 is 51.4 Å². The summed E-state index contributed by atoms with van der Waals surface area (Å²) in [7, 11) is 0. The predicted octanol–water partition coefficient (Wildman–Crippen LogP) is 5.06. The highest BCUT2D eigenvalue weighted by atomic mass is 35.5. The second-order valence-electron chi connectivity index (χ2n) is 6.46. The molecule has 2 aromatic carbocycles. The third-order valence-corrected chi connectivity index (χ3v) is 6.21. The van der Waals surface area contributed by atoms with E-state index in [1.165, 1.54) is 30.0 Å². The van der Waals surface area contributed by atoms with Crippen LogP contribution < -0.4 is 4.90 Å². The van der Waals surface area contributed by atoms with Crippen LogP contribution in [0.4, 0.5) is 10.8 Å². The Balaban J connectivity index is 1.52. The molecule has 0 saturated heterocycles. The molecule has 30 heavy (non-hydrogen) atoms. The molecule has 1 amide bonds. The fourth-order valence-corrected chi connectivity index (χ4v) is 4.80. The molecule has 0 saturated carbocycles. The number of thioether (sulfide) groups is 1. The van der Waals surface area contributed by atoms with E-state index >= 15 is 0 Å². The summed E-state index contributed by atoms with van der Waals surface area (Å²) >= 11 is 8.98. The molecule has 7 nitrogen and oxygen atoms in total. The van der Waals surface area contributed by atoms with Crippen molar-refractivity contribution in [3.05, 3.63) is 70.2 Å². The molecule has 4 aromatic rings. The molecule has 0 spiro atoms. The third kappa shape index (κ3) is 4.53. The maximum atomic E-state index is 12.3. The molecule has 0 N–H and O–H groups in total. The number of aryl methyl sites for hydroxylation is 1. The zero-order valence-corrected chi connectivity index (χ0v) is 18.6. The molecule has 0 aliphatic heterocycles. The van der Waals surface area contributed by atoms with Crippen LogP contribution in [0.5, 0.6) is 0 Å². The Bertz CT molecular complexity index is 1190. The number of carbonyl (C=O) groups excluding carboxylic acids is 1. The Morgan fingerprint density at radius 2 is 2.07 bits per heavy atom. The molecule has 10 heteroatoms. The Labute approximate surface area is 186 Å². The van der Waals surface area contributed by atoms with Crippen LogP contribution in [-0.4, -0.2) is 31.1 Å². The summed E-state index contributed by atoms with van der Waals surface area (Å²) in [6.45, 7) is 3.53. The van der Waals surface area contributed by atoms with Gasteiger partial charge in [-0.3, -0.25) is 9.69 Å². The van der Waals surface area contributed by atoms with E-state index in [2.05, 4.69) is 20.5 Å². The first-order valence-electron chi connectivity index (χ1n) is 9.00. The number of aromatic nitrogens is 5. The highest BCUT2D eigenvalue weighted by Crippen LogP contribution is 2.32. The molecule has 2 aromatic heterocycles. The third-order valence-electron chi connectivity index (χ3n) is 4.15. The van der Waals surface area contributed by atoms with Gasteiger partial charge >= 0.3 is 0 Å². The lowest BCUT2D eigenvalue weighted by atomic mass is 10.2. The molecule has 0 radical (unpaired) electrons. The summed E-state index contributed by atoms with van der Waals surface area (Å²) in [6.07, 6.45) is 0. The predicted molar refractivity (Wildman–Crippen MR) is 120 cm³/mol. The van der Waals surface area contributed by atoms with Crippen LogP contribution >= 0.6 is 34.7 Å². The van der Waals surface area contributed by atoms with Crippen molar-refractivity contribution in [1.82, 2.24) is 25.2 Å². The topological polar surface area (TPSA) is 76.8 Å². The lowest BCUT2D eigenvalue weighted by Gasteiger charge is -2.18. The van der Waals surface area contributed by atoms with Gasteiger partial charge in [0.1, 0.15) is 0 Å². The van der Waals surface area contributed by atoms with Gasteiger partial charge in [-0.05, 0) is 53.2 Å². The minimum Gasteiger partial charge on any atom is -0.274 e. The van der Waals surface area contributed by atoms with Crippen LogP contribution in [0.25, 0.3) is 5.69 Å². The van der Waals surface area contributed by atoms with Gasteiger partial charge in [0.15, 0.2) is 5.13 Å². The summed E-state index contributed by atoms with van der Waals surface area (Å²) in [5.74, 6) is 0.443. The fourth-order valence-electron chi connectivity index (χ4n) is 2.84. The number of thiazole rings is 1. The average molecular weight is 457 g/mol. The molecule has 0 fully saturated rings. The van der Waals surface area contributed by atoms with Crippen molar-refractivity contribution in [3.8, 4) is 5.69 Å². The zero-order valence-electron chi connectivity index (χ0n) is 16.2. The van der Waals surface area contributed by atoms with E-state index < -0.39 is 0 Å². The van der Waals surface area contributed by atoms with Crippen LogP contribution in [0.1, 0.15) is 18.2 Å². The number of rotatable bonds is 6. The van der Waals surface area contributed by atoms with E-state index in [1.807, 2.05) is 48.7 Å². The van der Waals surface area contributed by atoms with Gasteiger partial charge in [-0.15, -0.1) is 16.4 Å². The standard InChI is InChI=1S/C20H17ClN6OS2/c1-13-5-3-8-18(9-13)27-20(23-24-25-27)30-12-16-11-29-19(22-16)26(14(2)28)17-7-4-6-15(21)10-17/h3-11H,12H2,1-2H3. The number of halogens is 1. The van der Waals surface area contributed by atoms with E-state index in [1.54, 1.807) is 21.7 Å². The van der Waals surface area contributed by atoms with Crippen molar-refractivity contribution in [1.29, 1.82) is 0 Å². The van der Waals surface area contributed by atoms with Gasteiger partial charge in [0.2, 0.25) is 11.1 Å².